The summed E-state index contributed by atoms with van der Waals surface area (Å²) in [6, 6.07) is 12.8. The van der Waals surface area contributed by atoms with Gasteiger partial charge in [-0.15, -0.1) is 0 Å². The van der Waals surface area contributed by atoms with E-state index in [0.717, 1.165) is 31.5 Å². The van der Waals surface area contributed by atoms with Gasteiger partial charge in [-0.25, -0.2) is 14.4 Å². The van der Waals surface area contributed by atoms with E-state index in [2.05, 4.69) is 25.9 Å². The van der Waals surface area contributed by atoms with Crippen LogP contribution in [0.1, 0.15) is 37.8 Å². The Morgan fingerprint density at radius 3 is 2.53 bits per heavy atom. The summed E-state index contributed by atoms with van der Waals surface area (Å²) in [6.45, 7) is 5.89. The molecule has 1 aliphatic heterocycles. The summed E-state index contributed by atoms with van der Waals surface area (Å²) in [5.41, 5.74) is 3.95. The van der Waals surface area contributed by atoms with Gasteiger partial charge in [0.05, 0.1) is 40.3 Å². The Kier molecular flexibility index (Phi) is 11.6. The van der Waals surface area contributed by atoms with Gasteiger partial charge in [-0.1, -0.05) is 41.4 Å². The Hall–Kier alpha value is -3.87. The van der Waals surface area contributed by atoms with Gasteiger partial charge in [0.2, 0.25) is 11.8 Å². The Morgan fingerprint density at radius 1 is 1.04 bits per heavy atom. The van der Waals surface area contributed by atoms with Crippen LogP contribution in [0, 0.1) is 5.82 Å². The number of nitrogens with zero attached hydrogens (tertiary/aromatic N) is 4. The van der Waals surface area contributed by atoms with Crippen molar-refractivity contribution in [2.45, 2.75) is 51.9 Å². The highest BCUT2D eigenvalue weighted by Crippen LogP contribution is 2.41. The molecular formula is C34H38Cl2FN7O3. The number of hydrogen-bond acceptors (Lipinski definition) is 9. The van der Waals surface area contributed by atoms with Gasteiger partial charge in [-0.3, -0.25) is 9.78 Å². The van der Waals surface area contributed by atoms with Crippen LogP contribution in [0.3, 0.4) is 0 Å². The summed E-state index contributed by atoms with van der Waals surface area (Å²) < 4.78 is 20.9. The number of aliphatic hydroxyl groups excluding tert-OH is 1. The van der Waals surface area contributed by atoms with Crippen molar-refractivity contribution in [3.8, 4) is 28.4 Å². The van der Waals surface area contributed by atoms with Gasteiger partial charge in [0, 0.05) is 80.3 Å². The number of carbonyl (C=O) groups is 1. The lowest BCUT2D eigenvalue weighted by Gasteiger charge is -2.31. The SMILES string of the molecule is COc1nc(-c2ccnc(-c3cccc(Nc4nccc(CNC[C@H](C)O)c4F)c3Cl)c2Cl)ccc1CNC1CCN(C(C)=O)CC1. The molecule has 13 heteroatoms. The highest BCUT2D eigenvalue weighted by molar-refractivity contribution is 6.39. The molecule has 4 heterocycles. The standard InChI is InChI=1S/C34H38Cl2FN7O3/c1-20(45)17-38-18-22-9-13-40-33(31(22)37)42-28-6-4-5-26(29(28)35)32-30(36)25(10-14-39-32)27-8-7-23(34(43-27)47-3)19-41-24-11-15-44(16-12-24)21(2)46/h4-10,13-14,20,24,38,41,45H,11-12,15-19H2,1-3H3,(H,40,42)/t20-/m0/s1. The summed E-state index contributed by atoms with van der Waals surface area (Å²) in [7, 11) is 1.58. The second-order valence-corrected chi connectivity index (χ2v) is 12.2. The molecule has 1 aromatic carbocycles. The predicted octanol–water partition coefficient (Wildman–Crippen LogP) is 5.97. The third kappa shape index (κ3) is 8.35. The largest absolute Gasteiger partial charge is 0.481 e. The van der Waals surface area contributed by atoms with E-state index < -0.39 is 11.9 Å². The zero-order chi connectivity index (χ0) is 33.5. The molecule has 4 N–H and O–H groups in total. The van der Waals surface area contributed by atoms with Crippen LogP contribution in [-0.4, -0.2) is 69.8 Å². The summed E-state index contributed by atoms with van der Waals surface area (Å²) in [5, 5.41) is 19.7. The quantitative estimate of drug-likeness (QED) is 0.143. The Morgan fingerprint density at radius 2 is 1.81 bits per heavy atom. The Balaban J connectivity index is 1.34. The van der Waals surface area contributed by atoms with Crippen molar-refractivity contribution >= 4 is 40.6 Å². The molecule has 1 saturated heterocycles. The lowest BCUT2D eigenvalue weighted by atomic mass is 10.0. The smallest absolute Gasteiger partial charge is 0.219 e. The first-order valence-corrected chi connectivity index (χ1v) is 16.2. The minimum Gasteiger partial charge on any atom is -0.481 e. The molecule has 0 unspecified atom stereocenters. The van der Waals surface area contributed by atoms with E-state index in [1.165, 1.54) is 6.20 Å². The molecule has 248 valence electrons. The number of carbonyl (C=O) groups excluding carboxylic acids is 1. The van der Waals surface area contributed by atoms with Crippen LogP contribution in [0.25, 0.3) is 22.5 Å². The number of likely N-dealkylation sites (tertiary alicyclic amines) is 1. The van der Waals surface area contributed by atoms with Gasteiger partial charge in [0.15, 0.2) is 11.6 Å². The van der Waals surface area contributed by atoms with E-state index in [4.69, 9.17) is 32.9 Å². The van der Waals surface area contributed by atoms with Crippen LogP contribution in [0.4, 0.5) is 15.9 Å². The van der Waals surface area contributed by atoms with E-state index in [0.29, 0.717) is 68.8 Å². The number of aliphatic hydroxyl groups is 1. The van der Waals surface area contributed by atoms with Crippen LogP contribution < -0.4 is 20.7 Å². The number of nitrogens with one attached hydrogen (secondary N) is 3. The Labute approximate surface area is 283 Å². The number of piperidine rings is 1. The summed E-state index contributed by atoms with van der Waals surface area (Å²) in [6.07, 6.45) is 4.37. The van der Waals surface area contributed by atoms with Crippen LogP contribution >= 0.6 is 23.2 Å². The number of halogens is 3. The van der Waals surface area contributed by atoms with E-state index in [9.17, 15) is 9.90 Å². The fourth-order valence-corrected chi connectivity index (χ4v) is 6.05. The molecule has 1 atom stereocenters. The van der Waals surface area contributed by atoms with Gasteiger partial charge in [-0.05, 0) is 44.0 Å². The van der Waals surface area contributed by atoms with Gasteiger partial charge in [0.25, 0.3) is 0 Å². The van der Waals surface area contributed by atoms with Crippen molar-refractivity contribution in [3.05, 3.63) is 81.8 Å². The van der Waals surface area contributed by atoms with Gasteiger partial charge >= 0.3 is 0 Å². The van der Waals surface area contributed by atoms with E-state index >= 15 is 4.39 Å². The fraction of sp³-hybridized carbons (Fsp3) is 0.353. The molecule has 1 aliphatic rings. The molecule has 0 spiro atoms. The van der Waals surface area contributed by atoms with Gasteiger partial charge in [-0.2, -0.15) is 0 Å². The average molecular weight is 683 g/mol. The third-order valence-electron chi connectivity index (χ3n) is 8.05. The monoisotopic (exact) mass is 681 g/mol. The number of aromatic nitrogens is 3. The molecule has 0 radical (unpaired) electrons. The maximum Gasteiger partial charge on any atom is 0.219 e. The first-order valence-electron chi connectivity index (χ1n) is 15.4. The second-order valence-electron chi connectivity index (χ2n) is 11.5. The fourth-order valence-electron chi connectivity index (χ4n) is 5.47. The molecule has 0 bridgehead atoms. The summed E-state index contributed by atoms with van der Waals surface area (Å²) >= 11 is 13.8. The van der Waals surface area contributed by atoms with Crippen molar-refractivity contribution in [2.75, 3.05) is 32.1 Å². The molecule has 3 aromatic heterocycles. The second kappa shape index (κ2) is 15.8. The molecule has 4 aromatic rings. The van der Waals surface area contributed by atoms with Crippen molar-refractivity contribution in [2.24, 2.45) is 0 Å². The number of methoxy groups -OCH3 is 1. The number of benzene rings is 1. The number of pyridine rings is 3. The molecule has 47 heavy (non-hydrogen) atoms. The van der Waals surface area contributed by atoms with E-state index in [1.807, 2.05) is 17.0 Å². The maximum absolute atomic E-state index is 15.3. The van der Waals surface area contributed by atoms with E-state index in [-0.39, 0.29) is 18.3 Å². The van der Waals surface area contributed by atoms with Crippen LogP contribution in [0.15, 0.2) is 54.9 Å². The van der Waals surface area contributed by atoms with Crippen LogP contribution in [0.5, 0.6) is 5.88 Å². The third-order valence-corrected chi connectivity index (χ3v) is 8.84. The van der Waals surface area contributed by atoms with Crippen molar-refractivity contribution in [1.29, 1.82) is 0 Å². The number of amides is 1. The molecule has 10 nitrogen and oxygen atoms in total. The first-order chi connectivity index (χ1) is 22.7. The average Bonchev–Trinajstić information content (AvgIpc) is 3.06. The molecule has 1 fully saturated rings. The molecule has 1 amide bonds. The zero-order valence-electron chi connectivity index (χ0n) is 26.5. The maximum atomic E-state index is 15.3. The Bertz CT molecular complexity index is 1720. The molecule has 0 saturated carbocycles. The predicted molar refractivity (Wildman–Crippen MR) is 182 cm³/mol. The topological polar surface area (TPSA) is 125 Å². The molecular weight excluding hydrogens is 644 g/mol. The van der Waals surface area contributed by atoms with E-state index in [1.54, 1.807) is 57.5 Å². The number of anilines is 2. The first kappa shape index (κ1) is 34.5. The highest BCUT2D eigenvalue weighted by Gasteiger charge is 2.22. The van der Waals surface area contributed by atoms with Crippen molar-refractivity contribution in [3.63, 3.8) is 0 Å². The number of rotatable bonds is 12. The van der Waals surface area contributed by atoms with Gasteiger partial charge in [0.1, 0.15) is 0 Å². The minimum absolute atomic E-state index is 0.0144. The number of hydrogen-bond donors (Lipinski definition) is 4. The highest BCUT2D eigenvalue weighted by atomic mass is 35.5. The number of ether oxygens (including phenoxy) is 1. The van der Waals surface area contributed by atoms with Crippen LogP contribution in [-0.2, 0) is 17.9 Å². The van der Waals surface area contributed by atoms with Crippen molar-refractivity contribution in [1.82, 2.24) is 30.5 Å². The van der Waals surface area contributed by atoms with Gasteiger partial charge < -0.3 is 30.7 Å². The van der Waals surface area contributed by atoms with Crippen LogP contribution in [0.2, 0.25) is 10.0 Å². The summed E-state index contributed by atoms with van der Waals surface area (Å²) in [4.78, 5) is 27.0. The zero-order valence-corrected chi connectivity index (χ0v) is 28.0. The van der Waals surface area contributed by atoms with Crippen molar-refractivity contribution < 1.29 is 19.0 Å². The molecule has 0 aliphatic carbocycles. The lowest BCUT2D eigenvalue weighted by Crippen LogP contribution is -2.44. The lowest BCUT2D eigenvalue weighted by molar-refractivity contribution is -0.129. The molecule has 5 rings (SSSR count). The minimum atomic E-state index is -0.549. The normalized spacial score (nSPS) is 14.2. The summed E-state index contributed by atoms with van der Waals surface area (Å²) in [5.74, 6) is 0.0813.